The van der Waals surface area contributed by atoms with E-state index in [0.717, 1.165) is 29.8 Å². The van der Waals surface area contributed by atoms with Crippen LogP contribution in [-0.4, -0.2) is 29.1 Å². The summed E-state index contributed by atoms with van der Waals surface area (Å²) >= 11 is 0. The highest BCUT2D eigenvalue weighted by Gasteiger charge is 2.30. The Morgan fingerprint density at radius 3 is 2.59 bits per heavy atom. The van der Waals surface area contributed by atoms with Crippen molar-refractivity contribution in [1.29, 1.82) is 0 Å². The second kappa shape index (κ2) is 8.86. The summed E-state index contributed by atoms with van der Waals surface area (Å²) in [5.74, 6) is -0.258. The number of esters is 1. The molecule has 2 aromatic carbocycles. The Kier molecular flexibility index (Phi) is 5.98. The van der Waals surface area contributed by atoms with E-state index in [1.54, 1.807) is 6.92 Å². The van der Waals surface area contributed by atoms with E-state index in [9.17, 15) is 18.0 Å². The lowest BCUT2D eigenvalue weighted by atomic mass is 10.1. The molecule has 0 atom stereocenters. The molecular formula is C23H20F3N3O3. The molecule has 1 aliphatic heterocycles. The van der Waals surface area contributed by atoms with Gasteiger partial charge in [0, 0.05) is 12.2 Å². The Morgan fingerprint density at radius 2 is 1.88 bits per heavy atom. The molecule has 0 saturated carbocycles. The molecular weight excluding hydrogens is 423 g/mol. The van der Waals surface area contributed by atoms with E-state index in [0.29, 0.717) is 18.1 Å². The molecule has 1 aromatic heterocycles. The molecule has 0 radical (unpaired) electrons. The summed E-state index contributed by atoms with van der Waals surface area (Å²) in [6, 6.07) is 12.5. The minimum Gasteiger partial charge on any atom is -0.472 e. The zero-order valence-electron chi connectivity index (χ0n) is 17.2. The van der Waals surface area contributed by atoms with Crippen molar-refractivity contribution in [1.82, 2.24) is 9.97 Å². The Morgan fingerprint density at radius 1 is 1.12 bits per heavy atom. The van der Waals surface area contributed by atoms with Gasteiger partial charge in [-0.3, -0.25) is 0 Å². The summed E-state index contributed by atoms with van der Waals surface area (Å²) in [5.41, 5.74) is 1.95. The van der Waals surface area contributed by atoms with E-state index in [1.165, 1.54) is 18.3 Å². The van der Waals surface area contributed by atoms with Gasteiger partial charge in [0.25, 0.3) is 0 Å². The van der Waals surface area contributed by atoms with Crippen molar-refractivity contribution < 1.29 is 27.4 Å². The van der Waals surface area contributed by atoms with E-state index in [1.807, 2.05) is 29.2 Å². The van der Waals surface area contributed by atoms with Crippen molar-refractivity contribution in [3.8, 4) is 5.88 Å². The number of nitrogens with zero attached hydrogens (tertiary/aromatic N) is 3. The van der Waals surface area contributed by atoms with Gasteiger partial charge in [0.05, 0.1) is 18.4 Å². The van der Waals surface area contributed by atoms with Crippen LogP contribution < -0.4 is 9.64 Å². The van der Waals surface area contributed by atoms with Crippen LogP contribution in [0.25, 0.3) is 0 Å². The molecule has 0 bridgehead atoms. The van der Waals surface area contributed by atoms with E-state index in [2.05, 4.69) is 9.97 Å². The first-order valence-corrected chi connectivity index (χ1v) is 10.1. The van der Waals surface area contributed by atoms with Crippen molar-refractivity contribution in [3.63, 3.8) is 0 Å². The van der Waals surface area contributed by atoms with Crippen LogP contribution in [0.5, 0.6) is 5.88 Å². The first-order valence-electron chi connectivity index (χ1n) is 10.1. The van der Waals surface area contributed by atoms with E-state index in [-0.39, 0.29) is 24.7 Å². The predicted molar refractivity (Wildman–Crippen MR) is 111 cm³/mol. The molecule has 0 aliphatic carbocycles. The van der Waals surface area contributed by atoms with Gasteiger partial charge >= 0.3 is 12.1 Å². The number of halogens is 3. The molecule has 3 aromatic rings. The zero-order chi connectivity index (χ0) is 22.7. The Balaban J connectivity index is 1.60. The summed E-state index contributed by atoms with van der Waals surface area (Å²) in [4.78, 5) is 23.0. The highest BCUT2D eigenvalue weighted by atomic mass is 19.4. The number of aromatic nitrogens is 2. The largest absolute Gasteiger partial charge is 0.472 e. The zero-order valence-corrected chi connectivity index (χ0v) is 17.2. The quantitative estimate of drug-likeness (QED) is 0.503. The molecule has 0 N–H and O–H groups in total. The Bertz CT molecular complexity index is 1120. The average molecular weight is 443 g/mol. The van der Waals surface area contributed by atoms with Gasteiger partial charge in [-0.2, -0.15) is 18.2 Å². The lowest BCUT2D eigenvalue weighted by Gasteiger charge is -2.19. The smallest absolute Gasteiger partial charge is 0.416 e. The van der Waals surface area contributed by atoms with Crippen molar-refractivity contribution >= 4 is 17.6 Å². The molecule has 2 heterocycles. The van der Waals surface area contributed by atoms with E-state index < -0.39 is 17.7 Å². The minimum atomic E-state index is -4.41. The number of benzene rings is 2. The molecule has 0 spiro atoms. The van der Waals surface area contributed by atoms with Crippen molar-refractivity contribution in [2.45, 2.75) is 26.1 Å². The standard InChI is InChI=1S/C23H20F3N3O3/c1-2-31-21(30)18-13-27-22(29-12-11-16-5-3-4-6-19(16)29)28-20(18)32-14-15-7-9-17(10-8-15)23(24,25)26/h3-10,13H,2,11-12,14H2,1H3. The number of carbonyl (C=O) groups excluding carboxylic acids is 1. The van der Waals surface area contributed by atoms with Crippen LogP contribution in [0.15, 0.2) is 54.7 Å². The number of ether oxygens (including phenoxy) is 2. The molecule has 6 nitrogen and oxygen atoms in total. The van der Waals surface area contributed by atoms with Crippen molar-refractivity contribution in [2.75, 3.05) is 18.1 Å². The topological polar surface area (TPSA) is 64.5 Å². The van der Waals surface area contributed by atoms with Gasteiger partial charge in [0.2, 0.25) is 11.8 Å². The second-order valence-corrected chi connectivity index (χ2v) is 7.12. The fraction of sp³-hybridized carbons (Fsp3) is 0.261. The number of fused-ring (bicyclic) bond motifs is 1. The molecule has 9 heteroatoms. The molecule has 1 aliphatic rings. The van der Waals surface area contributed by atoms with E-state index in [4.69, 9.17) is 9.47 Å². The minimum absolute atomic E-state index is 0.0118. The highest BCUT2D eigenvalue weighted by Crippen LogP contribution is 2.34. The Labute approximate surface area is 182 Å². The molecule has 32 heavy (non-hydrogen) atoms. The fourth-order valence-electron chi connectivity index (χ4n) is 3.43. The number of rotatable bonds is 6. The summed E-state index contributed by atoms with van der Waals surface area (Å²) in [6.07, 6.45) is -2.23. The third-order valence-corrected chi connectivity index (χ3v) is 5.02. The van der Waals surface area contributed by atoms with Crippen LogP contribution in [0.1, 0.15) is 34.0 Å². The van der Waals surface area contributed by atoms with Gasteiger partial charge in [-0.15, -0.1) is 0 Å². The first kappa shape index (κ1) is 21.6. The van der Waals surface area contributed by atoms with Gasteiger partial charge in [0.1, 0.15) is 12.2 Å². The lowest BCUT2D eigenvalue weighted by molar-refractivity contribution is -0.137. The number of para-hydroxylation sites is 1. The van der Waals surface area contributed by atoms with Crippen LogP contribution >= 0.6 is 0 Å². The van der Waals surface area contributed by atoms with Gasteiger partial charge in [-0.05, 0) is 42.7 Å². The normalized spacial score (nSPS) is 13.1. The van der Waals surface area contributed by atoms with Gasteiger partial charge in [0.15, 0.2) is 0 Å². The Hall–Kier alpha value is -3.62. The van der Waals surface area contributed by atoms with Gasteiger partial charge in [-0.25, -0.2) is 9.78 Å². The molecule has 4 rings (SSSR count). The van der Waals surface area contributed by atoms with Crippen LogP contribution in [0.4, 0.5) is 24.8 Å². The van der Waals surface area contributed by atoms with Crippen molar-refractivity contribution in [3.05, 3.63) is 77.0 Å². The molecule has 166 valence electrons. The number of hydrogen-bond donors (Lipinski definition) is 0. The number of carbonyl (C=O) groups is 1. The highest BCUT2D eigenvalue weighted by molar-refractivity contribution is 5.91. The number of hydrogen-bond acceptors (Lipinski definition) is 6. The molecule has 0 saturated heterocycles. The number of alkyl halides is 3. The summed E-state index contributed by atoms with van der Waals surface area (Å²) in [6.45, 7) is 2.45. The van der Waals surface area contributed by atoms with Gasteiger partial charge < -0.3 is 14.4 Å². The van der Waals surface area contributed by atoms with Crippen LogP contribution in [0.3, 0.4) is 0 Å². The predicted octanol–water partition coefficient (Wildman–Crippen LogP) is 4.95. The monoisotopic (exact) mass is 443 g/mol. The fourth-order valence-corrected chi connectivity index (χ4v) is 3.43. The first-order chi connectivity index (χ1) is 15.4. The van der Waals surface area contributed by atoms with E-state index >= 15 is 0 Å². The third-order valence-electron chi connectivity index (χ3n) is 5.02. The average Bonchev–Trinajstić information content (AvgIpc) is 3.21. The van der Waals surface area contributed by atoms with Crippen LogP contribution in [0.2, 0.25) is 0 Å². The summed E-state index contributed by atoms with van der Waals surface area (Å²) < 4.78 is 49.1. The summed E-state index contributed by atoms with van der Waals surface area (Å²) in [5, 5.41) is 0. The molecule has 0 amide bonds. The molecule has 0 fully saturated rings. The van der Waals surface area contributed by atoms with Crippen LogP contribution in [0, 0.1) is 0 Å². The maximum absolute atomic E-state index is 12.8. The number of anilines is 2. The second-order valence-electron chi connectivity index (χ2n) is 7.12. The maximum atomic E-state index is 12.8. The molecule has 0 unspecified atom stereocenters. The SMILES string of the molecule is CCOC(=O)c1cnc(N2CCc3ccccc32)nc1OCc1ccc(C(F)(F)F)cc1. The van der Waals surface area contributed by atoms with Gasteiger partial charge in [-0.1, -0.05) is 30.3 Å². The van der Waals surface area contributed by atoms with Crippen LogP contribution in [-0.2, 0) is 23.9 Å². The van der Waals surface area contributed by atoms with Crippen molar-refractivity contribution in [2.24, 2.45) is 0 Å². The summed E-state index contributed by atoms with van der Waals surface area (Å²) in [7, 11) is 0. The third kappa shape index (κ3) is 4.51. The maximum Gasteiger partial charge on any atom is 0.416 e. The lowest BCUT2D eigenvalue weighted by Crippen LogP contribution is -2.18.